The van der Waals surface area contributed by atoms with Gasteiger partial charge in [0.05, 0.1) is 5.56 Å². The van der Waals surface area contributed by atoms with Crippen LogP contribution in [0.5, 0.6) is 0 Å². The molecule has 1 fully saturated rings. The number of nitrogens with one attached hydrogen (secondary N) is 1. The molecule has 2 aromatic rings. The van der Waals surface area contributed by atoms with Crippen LogP contribution in [-0.2, 0) is 0 Å². The van der Waals surface area contributed by atoms with Crippen molar-refractivity contribution in [2.75, 3.05) is 26.2 Å². The van der Waals surface area contributed by atoms with Gasteiger partial charge in [-0.05, 0) is 30.7 Å². The van der Waals surface area contributed by atoms with E-state index in [1.54, 1.807) is 15.9 Å². The molecule has 0 aliphatic carbocycles. The fraction of sp³-hybridized carbons (Fsp3) is 0.312. The van der Waals surface area contributed by atoms with E-state index in [2.05, 4.69) is 10.2 Å². The van der Waals surface area contributed by atoms with Gasteiger partial charge in [0.2, 0.25) is 0 Å². The summed E-state index contributed by atoms with van der Waals surface area (Å²) in [7, 11) is 0. The normalized spacial score (nSPS) is 15.2. The smallest absolute Gasteiger partial charge is 0.271 e. The fourth-order valence-corrected chi connectivity index (χ4v) is 2.87. The summed E-state index contributed by atoms with van der Waals surface area (Å²) in [5, 5.41) is 6.72. The molecule has 0 unspecified atom stereocenters. The Hall–Kier alpha value is -2.41. The molecule has 126 valence electrons. The highest BCUT2D eigenvalue weighted by atomic mass is 35.5. The number of H-pyrrole nitrogens is 1. The zero-order chi connectivity index (χ0) is 17.1. The average molecular weight is 351 g/mol. The minimum Gasteiger partial charge on any atom is -0.337 e. The van der Waals surface area contributed by atoms with Crippen molar-refractivity contribution in [2.45, 2.75) is 6.42 Å². The third kappa shape index (κ3) is 3.41. The highest BCUT2D eigenvalue weighted by Gasteiger charge is 2.25. The van der Waals surface area contributed by atoms with Gasteiger partial charge >= 0.3 is 0 Å². The van der Waals surface area contributed by atoms with E-state index in [1.807, 2.05) is 0 Å². The standard InChI is InChI=1S/C16H16ClFN4O2/c17-11-2-3-13(18)12(10-11)15(23)21-6-1-7-22(9-8-21)16(24)14-4-5-19-20-14/h2-5,10H,1,6-9H2,(H,19,20). The number of aromatic nitrogens is 2. The summed E-state index contributed by atoms with van der Waals surface area (Å²) in [6, 6.07) is 5.53. The zero-order valence-corrected chi connectivity index (χ0v) is 13.6. The maximum absolute atomic E-state index is 13.9. The van der Waals surface area contributed by atoms with Gasteiger partial charge in [-0.15, -0.1) is 0 Å². The number of halogens is 2. The lowest BCUT2D eigenvalue weighted by molar-refractivity contribution is 0.0713. The molecular weight excluding hydrogens is 335 g/mol. The molecular formula is C16H16ClFN4O2. The van der Waals surface area contributed by atoms with Crippen molar-refractivity contribution in [1.29, 1.82) is 0 Å². The Bertz CT molecular complexity index is 751. The van der Waals surface area contributed by atoms with Crippen molar-refractivity contribution >= 4 is 23.4 Å². The lowest BCUT2D eigenvalue weighted by Crippen LogP contribution is -2.37. The van der Waals surface area contributed by atoms with Crippen LogP contribution < -0.4 is 0 Å². The van der Waals surface area contributed by atoms with Crippen LogP contribution >= 0.6 is 11.6 Å². The second-order valence-corrected chi connectivity index (χ2v) is 5.97. The van der Waals surface area contributed by atoms with Crippen molar-refractivity contribution in [3.63, 3.8) is 0 Å². The van der Waals surface area contributed by atoms with Crippen molar-refractivity contribution in [3.05, 3.63) is 52.6 Å². The molecule has 0 atom stereocenters. The van der Waals surface area contributed by atoms with Crippen molar-refractivity contribution in [1.82, 2.24) is 20.0 Å². The van der Waals surface area contributed by atoms with Crippen LogP contribution in [0.25, 0.3) is 0 Å². The van der Waals surface area contributed by atoms with Gasteiger partial charge < -0.3 is 9.80 Å². The summed E-state index contributed by atoms with van der Waals surface area (Å²) in [5.41, 5.74) is 0.367. The molecule has 6 nitrogen and oxygen atoms in total. The molecule has 8 heteroatoms. The zero-order valence-electron chi connectivity index (χ0n) is 12.8. The fourth-order valence-electron chi connectivity index (χ4n) is 2.70. The molecule has 0 spiro atoms. The molecule has 1 aliphatic rings. The first-order valence-corrected chi connectivity index (χ1v) is 7.97. The predicted octanol–water partition coefficient (Wildman–Crippen LogP) is 2.19. The van der Waals surface area contributed by atoms with Crippen LogP contribution in [-0.4, -0.2) is 58.0 Å². The van der Waals surface area contributed by atoms with Gasteiger partial charge in [-0.25, -0.2) is 4.39 Å². The molecule has 3 rings (SSSR count). The third-order valence-corrected chi connectivity index (χ3v) is 4.20. The molecule has 1 aromatic carbocycles. The van der Waals surface area contributed by atoms with Crippen LogP contribution in [0.15, 0.2) is 30.5 Å². The summed E-state index contributed by atoms with van der Waals surface area (Å²) >= 11 is 5.85. The highest BCUT2D eigenvalue weighted by Crippen LogP contribution is 2.18. The molecule has 0 radical (unpaired) electrons. The third-order valence-electron chi connectivity index (χ3n) is 3.96. The number of amides is 2. The molecule has 1 saturated heterocycles. The van der Waals surface area contributed by atoms with E-state index in [4.69, 9.17) is 11.6 Å². The van der Waals surface area contributed by atoms with Gasteiger partial charge in [0.1, 0.15) is 11.5 Å². The van der Waals surface area contributed by atoms with Crippen LogP contribution in [0.4, 0.5) is 4.39 Å². The quantitative estimate of drug-likeness (QED) is 0.902. The Morgan fingerprint density at radius 3 is 2.46 bits per heavy atom. The van der Waals surface area contributed by atoms with Crippen LogP contribution in [0.3, 0.4) is 0 Å². The van der Waals surface area contributed by atoms with E-state index in [0.717, 1.165) is 0 Å². The van der Waals surface area contributed by atoms with Crippen molar-refractivity contribution < 1.29 is 14.0 Å². The van der Waals surface area contributed by atoms with E-state index in [-0.39, 0.29) is 11.5 Å². The Balaban J connectivity index is 1.70. The van der Waals surface area contributed by atoms with Crippen molar-refractivity contribution in [3.8, 4) is 0 Å². The van der Waals surface area contributed by atoms with Gasteiger partial charge in [0.25, 0.3) is 11.8 Å². The molecule has 1 aromatic heterocycles. The summed E-state index contributed by atoms with van der Waals surface area (Å²) in [6.45, 7) is 1.70. The topological polar surface area (TPSA) is 69.3 Å². The maximum Gasteiger partial charge on any atom is 0.271 e. The molecule has 2 amide bonds. The van der Waals surface area contributed by atoms with Gasteiger partial charge in [0, 0.05) is 37.4 Å². The number of rotatable bonds is 2. The number of hydrogen-bond donors (Lipinski definition) is 1. The highest BCUT2D eigenvalue weighted by molar-refractivity contribution is 6.31. The second kappa shape index (κ2) is 7.00. The molecule has 2 heterocycles. The molecule has 1 aliphatic heterocycles. The molecule has 24 heavy (non-hydrogen) atoms. The van der Waals surface area contributed by atoms with E-state index >= 15 is 0 Å². The number of carbonyl (C=O) groups is 2. The van der Waals surface area contributed by atoms with Gasteiger partial charge in [0.15, 0.2) is 0 Å². The number of carbonyl (C=O) groups excluding carboxylic acids is 2. The summed E-state index contributed by atoms with van der Waals surface area (Å²) < 4.78 is 13.9. The van der Waals surface area contributed by atoms with Gasteiger partial charge in [-0.2, -0.15) is 5.10 Å². The summed E-state index contributed by atoms with van der Waals surface area (Å²) in [5.74, 6) is -1.17. The average Bonchev–Trinajstić information content (AvgIpc) is 3.00. The number of benzene rings is 1. The SMILES string of the molecule is O=C(c1ccn[nH]1)N1CCCN(C(=O)c2cc(Cl)ccc2F)CC1. The van der Waals surface area contributed by atoms with Gasteiger partial charge in [-0.1, -0.05) is 11.6 Å². The van der Waals surface area contributed by atoms with Crippen LogP contribution in [0, 0.1) is 5.82 Å². The molecule has 1 N–H and O–H groups in total. The van der Waals surface area contributed by atoms with Crippen LogP contribution in [0.2, 0.25) is 5.02 Å². The predicted molar refractivity (Wildman–Crippen MR) is 86.4 cm³/mol. The summed E-state index contributed by atoms with van der Waals surface area (Å²) in [6.07, 6.45) is 2.14. The minimum absolute atomic E-state index is 0.0455. The van der Waals surface area contributed by atoms with E-state index < -0.39 is 11.7 Å². The lowest BCUT2D eigenvalue weighted by Gasteiger charge is -2.22. The van der Waals surface area contributed by atoms with E-state index in [1.165, 1.54) is 24.4 Å². The Labute approximate surface area is 143 Å². The Kier molecular flexibility index (Phi) is 4.80. The number of aromatic amines is 1. The monoisotopic (exact) mass is 350 g/mol. The number of nitrogens with zero attached hydrogens (tertiary/aromatic N) is 3. The molecule has 0 saturated carbocycles. The van der Waals surface area contributed by atoms with E-state index in [9.17, 15) is 14.0 Å². The minimum atomic E-state index is -0.598. The number of hydrogen-bond acceptors (Lipinski definition) is 3. The lowest BCUT2D eigenvalue weighted by atomic mass is 10.2. The second-order valence-electron chi connectivity index (χ2n) is 5.53. The van der Waals surface area contributed by atoms with Crippen LogP contribution in [0.1, 0.15) is 27.3 Å². The van der Waals surface area contributed by atoms with E-state index in [0.29, 0.717) is 43.3 Å². The first-order valence-electron chi connectivity index (χ1n) is 7.59. The van der Waals surface area contributed by atoms with Crippen molar-refractivity contribution in [2.24, 2.45) is 0 Å². The first-order chi connectivity index (χ1) is 11.6. The summed E-state index contributed by atoms with van der Waals surface area (Å²) in [4.78, 5) is 28.1. The molecule has 0 bridgehead atoms. The van der Waals surface area contributed by atoms with Gasteiger partial charge in [-0.3, -0.25) is 14.7 Å². The first kappa shape index (κ1) is 16.4. The largest absolute Gasteiger partial charge is 0.337 e. The Morgan fingerprint density at radius 2 is 1.79 bits per heavy atom. The maximum atomic E-state index is 13.9. The Morgan fingerprint density at radius 1 is 1.08 bits per heavy atom.